The maximum absolute atomic E-state index is 12.2. The molecule has 2 aromatic rings. The number of pyridine rings is 1. The summed E-state index contributed by atoms with van der Waals surface area (Å²) >= 11 is 0. The van der Waals surface area contributed by atoms with Crippen LogP contribution in [-0.4, -0.2) is 32.4 Å². The first-order chi connectivity index (χ1) is 10.9. The lowest BCUT2D eigenvalue weighted by molar-refractivity contribution is 0.0954. The molecule has 0 atom stereocenters. The van der Waals surface area contributed by atoms with Crippen LogP contribution in [0.2, 0.25) is 0 Å². The van der Waals surface area contributed by atoms with E-state index in [1.165, 1.54) is 12.4 Å². The van der Waals surface area contributed by atoms with Crippen LogP contribution < -0.4 is 10.0 Å². The molecule has 0 aliphatic carbocycles. The van der Waals surface area contributed by atoms with Gasteiger partial charge in [-0.3, -0.25) is 9.78 Å². The first-order valence-electron chi connectivity index (χ1n) is 7.15. The molecule has 1 heterocycles. The molecule has 0 unspecified atom stereocenters. The van der Waals surface area contributed by atoms with E-state index in [0.29, 0.717) is 11.1 Å². The highest BCUT2D eigenvalue weighted by Gasteiger charge is 2.16. The molecule has 122 valence electrons. The summed E-state index contributed by atoms with van der Waals surface area (Å²) in [5.74, 6) is -0.266. The number of hydrogen-bond donors (Lipinski definition) is 2. The highest BCUT2D eigenvalue weighted by Crippen LogP contribution is 2.15. The number of aryl methyl sites for hydroxylation is 2. The van der Waals surface area contributed by atoms with Crippen molar-refractivity contribution < 1.29 is 13.2 Å². The summed E-state index contributed by atoms with van der Waals surface area (Å²) in [5.41, 5.74) is 2.18. The van der Waals surface area contributed by atoms with Gasteiger partial charge in [0.2, 0.25) is 10.0 Å². The number of nitrogens with one attached hydrogen (secondary N) is 2. The van der Waals surface area contributed by atoms with Gasteiger partial charge in [0.05, 0.1) is 4.90 Å². The van der Waals surface area contributed by atoms with Gasteiger partial charge >= 0.3 is 0 Å². The number of sulfonamides is 1. The van der Waals surface area contributed by atoms with Crippen LogP contribution in [0.3, 0.4) is 0 Å². The molecular formula is C16H19N3O3S. The van der Waals surface area contributed by atoms with E-state index in [-0.39, 0.29) is 23.9 Å². The predicted octanol–water partition coefficient (Wildman–Crippen LogP) is 1.41. The molecule has 0 aliphatic rings. The van der Waals surface area contributed by atoms with Crippen LogP contribution in [-0.2, 0) is 10.0 Å². The third-order valence-electron chi connectivity index (χ3n) is 3.27. The number of amides is 1. The summed E-state index contributed by atoms with van der Waals surface area (Å²) in [5, 5.41) is 2.65. The third-order valence-corrected chi connectivity index (χ3v) is 4.89. The fraction of sp³-hybridized carbons (Fsp3) is 0.250. The zero-order valence-corrected chi connectivity index (χ0v) is 13.9. The maximum Gasteiger partial charge on any atom is 0.251 e. The largest absolute Gasteiger partial charge is 0.351 e. The third kappa shape index (κ3) is 4.61. The van der Waals surface area contributed by atoms with E-state index in [0.717, 1.165) is 5.56 Å². The SMILES string of the molecule is Cc1ccc(S(=O)(=O)NCCNC(=O)c2ccncc2)c(C)c1. The summed E-state index contributed by atoms with van der Waals surface area (Å²) in [7, 11) is -3.58. The van der Waals surface area contributed by atoms with E-state index in [1.807, 2.05) is 13.0 Å². The van der Waals surface area contributed by atoms with Crippen molar-refractivity contribution in [3.63, 3.8) is 0 Å². The predicted molar refractivity (Wildman–Crippen MR) is 87.7 cm³/mol. The van der Waals surface area contributed by atoms with Crippen molar-refractivity contribution in [2.24, 2.45) is 0 Å². The number of rotatable bonds is 6. The van der Waals surface area contributed by atoms with E-state index < -0.39 is 10.0 Å². The smallest absolute Gasteiger partial charge is 0.251 e. The molecule has 1 aromatic carbocycles. The molecule has 0 bridgehead atoms. The van der Waals surface area contributed by atoms with E-state index in [9.17, 15) is 13.2 Å². The van der Waals surface area contributed by atoms with Gasteiger partial charge in [-0.1, -0.05) is 17.7 Å². The molecular weight excluding hydrogens is 314 g/mol. The van der Waals surface area contributed by atoms with Crippen molar-refractivity contribution in [2.45, 2.75) is 18.7 Å². The van der Waals surface area contributed by atoms with Gasteiger partial charge in [0, 0.05) is 31.0 Å². The highest BCUT2D eigenvalue weighted by atomic mass is 32.2. The quantitative estimate of drug-likeness (QED) is 0.782. The Kier molecular flexibility index (Phi) is 5.46. The number of aromatic nitrogens is 1. The summed E-state index contributed by atoms with van der Waals surface area (Å²) in [6.07, 6.45) is 3.05. The van der Waals surface area contributed by atoms with Crippen molar-refractivity contribution >= 4 is 15.9 Å². The maximum atomic E-state index is 12.2. The summed E-state index contributed by atoms with van der Waals surface area (Å²) < 4.78 is 27.0. The molecule has 7 heteroatoms. The second-order valence-electron chi connectivity index (χ2n) is 5.16. The Labute approximate surface area is 136 Å². The second kappa shape index (κ2) is 7.34. The molecule has 0 saturated heterocycles. The molecule has 0 saturated carbocycles. The average Bonchev–Trinajstić information content (AvgIpc) is 2.52. The minimum absolute atomic E-state index is 0.118. The van der Waals surface area contributed by atoms with Crippen molar-refractivity contribution in [1.29, 1.82) is 0 Å². The minimum atomic E-state index is -3.58. The van der Waals surface area contributed by atoms with Crippen LogP contribution in [0.5, 0.6) is 0 Å². The van der Waals surface area contributed by atoms with Crippen molar-refractivity contribution in [3.8, 4) is 0 Å². The summed E-state index contributed by atoms with van der Waals surface area (Å²) in [6, 6.07) is 8.35. The fourth-order valence-corrected chi connectivity index (χ4v) is 3.40. The zero-order valence-electron chi connectivity index (χ0n) is 13.0. The van der Waals surface area contributed by atoms with Crippen LogP contribution in [0.25, 0.3) is 0 Å². The van der Waals surface area contributed by atoms with E-state index in [1.54, 1.807) is 31.2 Å². The van der Waals surface area contributed by atoms with Crippen molar-refractivity contribution in [2.75, 3.05) is 13.1 Å². The first-order valence-corrected chi connectivity index (χ1v) is 8.63. The van der Waals surface area contributed by atoms with E-state index in [4.69, 9.17) is 0 Å². The molecule has 2 rings (SSSR count). The molecule has 0 aliphatic heterocycles. The lowest BCUT2D eigenvalue weighted by atomic mass is 10.2. The van der Waals surface area contributed by atoms with Gasteiger partial charge in [0.1, 0.15) is 0 Å². The zero-order chi connectivity index (χ0) is 16.9. The summed E-state index contributed by atoms with van der Waals surface area (Å²) in [6.45, 7) is 3.98. The Morgan fingerprint density at radius 1 is 1.09 bits per heavy atom. The molecule has 0 radical (unpaired) electrons. The normalized spacial score (nSPS) is 11.2. The Morgan fingerprint density at radius 2 is 1.78 bits per heavy atom. The van der Waals surface area contributed by atoms with E-state index >= 15 is 0 Å². The molecule has 1 aromatic heterocycles. The van der Waals surface area contributed by atoms with Gasteiger partial charge in [-0.15, -0.1) is 0 Å². The molecule has 0 fully saturated rings. The average molecular weight is 333 g/mol. The van der Waals surface area contributed by atoms with Crippen LogP contribution in [0, 0.1) is 13.8 Å². The van der Waals surface area contributed by atoms with E-state index in [2.05, 4.69) is 15.0 Å². The van der Waals surface area contributed by atoms with Gasteiger partial charge < -0.3 is 5.32 Å². The number of benzene rings is 1. The number of carbonyl (C=O) groups is 1. The number of nitrogens with zero attached hydrogens (tertiary/aromatic N) is 1. The highest BCUT2D eigenvalue weighted by molar-refractivity contribution is 7.89. The van der Waals surface area contributed by atoms with Crippen LogP contribution in [0.1, 0.15) is 21.5 Å². The molecule has 2 N–H and O–H groups in total. The van der Waals surface area contributed by atoms with Gasteiger partial charge in [-0.25, -0.2) is 13.1 Å². The Balaban J connectivity index is 1.89. The lowest BCUT2D eigenvalue weighted by Crippen LogP contribution is -2.34. The lowest BCUT2D eigenvalue weighted by Gasteiger charge is -2.10. The monoisotopic (exact) mass is 333 g/mol. The molecule has 0 spiro atoms. The second-order valence-corrected chi connectivity index (χ2v) is 6.89. The van der Waals surface area contributed by atoms with Crippen LogP contribution >= 0.6 is 0 Å². The van der Waals surface area contributed by atoms with Crippen molar-refractivity contribution in [1.82, 2.24) is 15.0 Å². The Morgan fingerprint density at radius 3 is 2.43 bits per heavy atom. The number of hydrogen-bond acceptors (Lipinski definition) is 4. The minimum Gasteiger partial charge on any atom is -0.351 e. The molecule has 6 nitrogen and oxygen atoms in total. The standard InChI is InChI=1S/C16H19N3O3S/c1-12-3-4-15(13(2)11-12)23(21,22)19-10-9-18-16(20)14-5-7-17-8-6-14/h3-8,11,19H,9-10H2,1-2H3,(H,18,20). The number of carbonyl (C=O) groups excluding carboxylic acids is 1. The van der Waals surface area contributed by atoms with Gasteiger partial charge in [0.15, 0.2) is 0 Å². The Bertz CT molecular complexity index is 789. The summed E-state index contributed by atoms with van der Waals surface area (Å²) in [4.78, 5) is 15.9. The topological polar surface area (TPSA) is 88.2 Å². The van der Waals surface area contributed by atoms with Gasteiger partial charge in [-0.05, 0) is 37.6 Å². The molecule has 1 amide bonds. The van der Waals surface area contributed by atoms with Crippen molar-refractivity contribution in [3.05, 3.63) is 59.4 Å². The van der Waals surface area contributed by atoms with Gasteiger partial charge in [-0.2, -0.15) is 0 Å². The first kappa shape index (κ1) is 17.1. The Hall–Kier alpha value is -2.25. The fourth-order valence-electron chi connectivity index (χ4n) is 2.15. The van der Waals surface area contributed by atoms with Gasteiger partial charge in [0.25, 0.3) is 5.91 Å². The van der Waals surface area contributed by atoms with Crippen LogP contribution in [0.4, 0.5) is 0 Å². The van der Waals surface area contributed by atoms with Crippen LogP contribution in [0.15, 0.2) is 47.6 Å². The molecule has 23 heavy (non-hydrogen) atoms.